The molecule has 26 heavy (non-hydrogen) atoms. The maximum atomic E-state index is 12.2. The molecular formula is C20H18N4OS. The summed E-state index contributed by atoms with van der Waals surface area (Å²) < 4.78 is 2.06. The average molecular weight is 362 g/mol. The first-order valence-corrected chi connectivity index (χ1v) is 9.36. The van der Waals surface area contributed by atoms with Crippen molar-refractivity contribution < 1.29 is 4.79 Å². The fourth-order valence-corrected chi connectivity index (χ4v) is 3.73. The van der Waals surface area contributed by atoms with Crippen molar-refractivity contribution >= 4 is 34.3 Å². The van der Waals surface area contributed by atoms with Gasteiger partial charge in [0.2, 0.25) is 5.91 Å². The highest BCUT2D eigenvalue weighted by Crippen LogP contribution is 2.25. The van der Waals surface area contributed by atoms with Gasteiger partial charge in [-0.3, -0.25) is 4.79 Å². The maximum absolute atomic E-state index is 12.2. The molecule has 3 heterocycles. The molecule has 1 N–H and O–H groups in total. The molecule has 5 nitrogen and oxygen atoms in total. The van der Waals surface area contributed by atoms with Crippen molar-refractivity contribution in [2.24, 2.45) is 0 Å². The Morgan fingerprint density at radius 1 is 1.15 bits per heavy atom. The molecule has 0 saturated carbocycles. The first-order chi connectivity index (χ1) is 12.7. The Kier molecular flexibility index (Phi) is 4.58. The predicted molar refractivity (Wildman–Crippen MR) is 104 cm³/mol. The van der Waals surface area contributed by atoms with Crippen LogP contribution < -0.4 is 5.32 Å². The second kappa shape index (κ2) is 7.17. The topological polar surface area (TPSA) is 59.3 Å². The molecule has 0 aliphatic heterocycles. The van der Waals surface area contributed by atoms with Gasteiger partial charge in [-0.05, 0) is 36.8 Å². The van der Waals surface area contributed by atoms with Crippen LogP contribution in [0, 0.1) is 6.92 Å². The van der Waals surface area contributed by atoms with Gasteiger partial charge < -0.3 is 9.72 Å². The van der Waals surface area contributed by atoms with Gasteiger partial charge in [0.05, 0.1) is 16.8 Å². The van der Waals surface area contributed by atoms with E-state index >= 15 is 0 Å². The number of pyridine rings is 1. The van der Waals surface area contributed by atoms with E-state index in [1.807, 2.05) is 55.6 Å². The molecule has 0 saturated heterocycles. The summed E-state index contributed by atoms with van der Waals surface area (Å²) in [6.07, 6.45) is 3.72. The van der Waals surface area contributed by atoms with Crippen molar-refractivity contribution in [1.29, 1.82) is 0 Å². The summed E-state index contributed by atoms with van der Waals surface area (Å²) in [5.41, 5.74) is 4.92. The Hall–Kier alpha value is -2.86. The van der Waals surface area contributed by atoms with Gasteiger partial charge in [0.15, 0.2) is 5.65 Å². The lowest BCUT2D eigenvalue weighted by Gasteiger charge is -2.08. The molecule has 0 fully saturated rings. The predicted octanol–water partition coefficient (Wildman–Crippen LogP) is 3.60. The quantitative estimate of drug-likeness (QED) is 0.551. The van der Waals surface area contributed by atoms with E-state index in [1.54, 1.807) is 6.20 Å². The van der Waals surface area contributed by atoms with Crippen molar-refractivity contribution in [2.75, 3.05) is 5.75 Å². The highest BCUT2D eigenvalue weighted by atomic mass is 32.2. The molecule has 0 bridgehead atoms. The molecule has 4 rings (SSSR count). The largest absolute Gasteiger partial charge is 0.351 e. The number of amides is 1. The molecule has 0 aliphatic rings. The van der Waals surface area contributed by atoms with Gasteiger partial charge >= 0.3 is 0 Å². The van der Waals surface area contributed by atoms with E-state index in [0.29, 0.717) is 17.9 Å². The van der Waals surface area contributed by atoms with Gasteiger partial charge in [-0.2, -0.15) is 0 Å². The minimum absolute atomic E-state index is 0.0101. The normalized spacial score (nSPS) is 11.1. The maximum Gasteiger partial charge on any atom is 0.230 e. The molecule has 4 aromatic rings. The van der Waals surface area contributed by atoms with Gasteiger partial charge in [-0.15, -0.1) is 0 Å². The van der Waals surface area contributed by atoms with Crippen LogP contribution in [-0.4, -0.2) is 26.0 Å². The van der Waals surface area contributed by atoms with E-state index in [2.05, 4.69) is 25.8 Å². The van der Waals surface area contributed by atoms with Crippen molar-refractivity contribution in [3.8, 4) is 0 Å². The summed E-state index contributed by atoms with van der Waals surface area (Å²) in [4.78, 5) is 21.2. The van der Waals surface area contributed by atoms with Crippen LogP contribution in [0.15, 0.2) is 66.0 Å². The zero-order valence-corrected chi connectivity index (χ0v) is 15.2. The molecule has 0 spiro atoms. The minimum atomic E-state index is -0.0101. The summed E-state index contributed by atoms with van der Waals surface area (Å²) in [6.45, 7) is 2.58. The Labute approximate surface area is 155 Å². The van der Waals surface area contributed by atoms with E-state index in [1.165, 1.54) is 17.3 Å². The molecule has 0 radical (unpaired) electrons. The van der Waals surface area contributed by atoms with Crippen LogP contribution in [0.25, 0.3) is 16.7 Å². The third-order valence-corrected chi connectivity index (χ3v) is 5.09. The van der Waals surface area contributed by atoms with E-state index in [0.717, 1.165) is 21.6 Å². The summed E-state index contributed by atoms with van der Waals surface area (Å²) in [5, 5.41) is 3.78. The van der Waals surface area contributed by atoms with Crippen LogP contribution in [0.5, 0.6) is 0 Å². The number of carbonyl (C=O) groups excluding carboxylic acids is 1. The van der Waals surface area contributed by atoms with Gasteiger partial charge in [-0.1, -0.05) is 41.6 Å². The lowest BCUT2D eigenvalue weighted by Crippen LogP contribution is -2.24. The Bertz CT molecular complexity index is 1090. The van der Waals surface area contributed by atoms with Gasteiger partial charge in [-0.25, -0.2) is 9.97 Å². The third-order valence-electron chi connectivity index (χ3n) is 4.11. The first kappa shape index (κ1) is 16.6. The summed E-state index contributed by atoms with van der Waals surface area (Å²) in [7, 11) is 0. The number of hydrogen-bond acceptors (Lipinski definition) is 4. The zero-order chi connectivity index (χ0) is 17.9. The van der Waals surface area contributed by atoms with E-state index in [4.69, 9.17) is 0 Å². The molecular weight excluding hydrogens is 344 g/mol. The number of benzene rings is 1. The lowest BCUT2D eigenvalue weighted by atomic mass is 10.1. The van der Waals surface area contributed by atoms with Gasteiger partial charge in [0.1, 0.15) is 5.03 Å². The fraction of sp³-hybridized carbons (Fsp3) is 0.150. The van der Waals surface area contributed by atoms with Crippen LogP contribution in [-0.2, 0) is 11.3 Å². The molecule has 0 unspecified atom stereocenters. The highest BCUT2D eigenvalue weighted by molar-refractivity contribution is 8.00. The number of nitrogens with zero attached hydrogens (tertiary/aromatic N) is 3. The molecule has 6 heteroatoms. The fourth-order valence-electron chi connectivity index (χ4n) is 2.90. The molecule has 130 valence electrons. The summed E-state index contributed by atoms with van der Waals surface area (Å²) >= 11 is 1.43. The number of fused-ring (bicyclic) bond motifs is 3. The van der Waals surface area contributed by atoms with Crippen LogP contribution in [0.1, 0.15) is 11.1 Å². The van der Waals surface area contributed by atoms with Crippen molar-refractivity contribution in [3.63, 3.8) is 0 Å². The van der Waals surface area contributed by atoms with Crippen LogP contribution in [0.4, 0.5) is 0 Å². The van der Waals surface area contributed by atoms with Crippen molar-refractivity contribution in [2.45, 2.75) is 18.5 Å². The molecule has 0 atom stereocenters. The smallest absolute Gasteiger partial charge is 0.230 e. The van der Waals surface area contributed by atoms with E-state index in [9.17, 15) is 4.79 Å². The molecule has 1 amide bonds. The van der Waals surface area contributed by atoms with Crippen LogP contribution in [0.2, 0.25) is 0 Å². The van der Waals surface area contributed by atoms with E-state index < -0.39 is 0 Å². The van der Waals surface area contributed by atoms with Crippen LogP contribution in [0.3, 0.4) is 0 Å². The number of aryl methyl sites for hydroxylation is 1. The summed E-state index contributed by atoms with van der Waals surface area (Å²) in [5.74, 6) is 0.307. The monoisotopic (exact) mass is 362 g/mol. The SMILES string of the molecule is Cc1cccc(CNC(=O)CSc2nc3ncccc3n3cccc23)c1. The standard InChI is InChI=1S/C20H18N4OS/c1-14-5-2-6-15(11-14)12-22-18(25)13-26-20-17-8-4-10-24(17)16-7-3-9-21-19(16)23-20/h2-11H,12-13H2,1H3,(H,22,25). The number of thioether (sulfide) groups is 1. The van der Waals surface area contributed by atoms with Gasteiger partial charge in [0.25, 0.3) is 0 Å². The summed E-state index contributed by atoms with van der Waals surface area (Å²) in [6, 6.07) is 16.0. The number of hydrogen-bond donors (Lipinski definition) is 1. The zero-order valence-electron chi connectivity index (χ0n) is 14.3. The average Bonchev–Trinajstić information content (AvgIpc) is 3.15. The number of nitrogens with one attached hydrogen (secondary N) is 1. The third kappa shape index (κ3) is 3.41. The highest BCUT2D eigenvalue weighted by Gasteiger charge is 2.11. The number of aromatic nitrogens is 3. The van der Waals surface area contributed by atoms with Gasteiger partial charge in [0, 0.05) is 18.9 Å². The number of carbonyl (C=O) groups is 1. The molecule has 1 aromatic carbocycles. The van der Waals surface area contributed by atoms with E-state index in [-0.39, 0.29) is 5.91 Å². The molecule has 3 aromatic heterocycles. The second-order valence-corrected chi connectivity index (χ2v) is 7.05. The Morgan fingerprint density at radius 2 is 2.04 bits per heavy atom. The van der Waals surface area contributed by atoms with Crippen molar-refractivity contribution in [3.05, 3.63) is 72.1 Å². The Balaban J connectivity index is 1.47. The second-order valence-electron chi connectivity index (χ2n) is 6.08. The lowest BCUT2D eigenvalue weighted by molar-refractivity contribution is -0.118. The van der Waals surface area contributed by atoms with Crippen LogP contribution >= 0.6 is 11.8 Å². The Morgan fingerprint density at radius 3 is 2.92 bits per heavy atom. The first-order valence-electron chi connectivity index (χ1n) is 8.37. The molecule has 0 aliphatic carbocycles. The number of rotatable bonds is 5. The minimum Gasteiger partial charge on any atom is -0.351 e. The van der Waals surface area contributed by atoms with Crippen molar-refractivity contribution in [1.82, 2.24) is 19.7 Å².